The normalized spacial score (nSPS) is 10.3. The van der Waals surface area contributed by atoms with E-state index < -0.39 is 0 Å². The van der Waals surface area contributed by atoms with Crippen LogP contribution in [-0.4, -0.2) is 12.4 Å². The lowest BCUT2D eigenvalue weighted by atomic mass is 10.0. The molecule has 0 bridgehead atoms. The third kappa shape index (κ3) is 3.17. The van der Waals surface area contributed by atoms with Gasteiger partial charge in [0.1, 0.15) is 5.75 Å². The molecule has 0 aliphatic rings. The molecule has 0 heterocycles. The zero-order valence-electron chi connectivity index (χ0n) is 10.3. The number of rotatable bonds is 4. The molecule has 0 N–H and O–H groups in total. The Morgan fingerprint density at radius 1 is 1.21 bits per heavy atom. The van der Waals surface area contributed by atoms with Crippen LogP contribution in [0.15, 0.2) is 46.9 Å². The number of ether oxygens (including phenoxy) is 1. The summed E-state index contributed by atoms with van der Waals surface area (Å²) in [5.41, 5.74) is 0.991. The van der Waals surface area contributed by atoms with Crippen LogP contribution in [-0.2, 0) is 0 Å². The van der Waals surface area contributed by atoms with Gasteiger partial charge in [0.25, 0.3) is 0 Å². The summed E-state index contributed by atoms with van der Waals surface area (Å²) in [6.07, 6.45) is 0. The summed E-state index contributed by atoms with van der Waals surface area (Å²) in [7, 11) is 0. The Balaban J connectivity index is 2.44. The molecule has 0 saturated carbocycles. The Labute approximate surface area is 125 Å². The van der Waals surface area contributed by atoms with E-state index in [9.17, 15) is 4.79 Å². The van der Waals surface area contributed by atoms with E-state index in [1.54, 1.807) is 30.3 Å². The largest absolute Gasteiger partial charge is 0.493 e. The molecule has 2 aromatic rings. The molecule has 98 valence electrons. The standard InChI is InChI=1S/C15H12BrClO2/c1-2-19-14-6-4-3-5-12(14)15(18)11-8-7-10(16)9-13(11)17/h3-9H,2H2,1H3. The maximum absolute atomic E-state index is 12.5. The van der Waals surface area contributed by atoms with Gasteiger partial charge in [-0.1, -0.05) is 39.7 Å². The van der Waals surface area contributed by atoms with E-state index in [1.807, 2.05) is 19.1 Å². The van der Waals surface area contributed by atoms with Gasteiger partial charge < -0.3 is 4.74 Å². The smallest absolute Gasteiger partial charge is 0.198 e. The molecule has 2 aromatic carbocycles. The van der Waals surface area contributed by atoms with E-state index >= 15 is 0 Å². The molecule has 0 atom stereocenters. The van der Waals surface area contributed by atoms with Gasteiger partial charge >= 0.3 is 0 Å². The number of hydrogen-bond acceptors (Lipinski definition) is 2. The van der Waals surface area contributed by atoms with Crippen LogP contribution in [0.3, 0.4) is 0 Å². The quantitative estimate of drug-likeness (QED) is 0.753. The average molecular weight is 340 g/mol. The van der Waals surface area contributed by atoms with Crippen molar-refractivity contribution < 1.29 is 9.53 Å². The van der Waals surface area contributed by atoms with Gasteiger partial charge in [0.2, 0.25) is 0 Å². The molecular weight excluding hydrogens is 328 g/mol. The van der Waals surface area contributed by atoms with Crippen LogP contribution in [0.25, 0.3) is 0 Å². The van der Waals surface area contributed by atoms with Crippen LogP contribution in [0, 0.1) is 0 Å². The van der Waals surface area contributed by atoms with Gasteiger partial charge in [-0.2, -0.15) is 0 Å². The maximum atomic E-state index is 12.5. The second-order valence-corrected chi connectivity index (χ2v) is 5.21. The van der Waals surface area contributed by atoms with Crippen molar-refractivity contribution in [2.24, 2.45) is 0 Å². The lowest BCUT2D eigenvalue weighted by Crippen LogP contribution is -2.06. The topological polar surface area (TPSA) is 26.3 Å². The number of carbonyl (C=O) groups is 1. The van der Waals surface area contributed by atoms with Crippen molar-refractivity contribution in [2.45, 2.75) is 6.92 Å². The van der Waals surface area contributed by atoms with Crippen LogP contribution in [0.5, 0.6) is 5.75 Å². The monoisotopic (exact) mass is 338 g/mol. The van der Waals surface area contributed by atoms with Crippen molar-refractivity contribution in [2.75, 3.05) is 6.61 Å². The fourth-order valence-electron chi connectivity index (χ4n) is 1.75. The highest BCUT2D eigenvalue weighted by Gasteiger charge is 2.16. The summed E-state index contributed by atoms with van der Waals surface area (Å²) < 4.78 is 6.31. The van der Waals surface area contributed by atoms with Crippen molar-refractivity contribution in [3.8, 4) is 5.75 Å². The van der Waals surface area contributed by atoms with Gasteiger partial charge in [0.05, 0.1) is 17.2 Å². The zero-order chi connectivity index (χ0) is 13.8. The van der Waals surface area contributed by atoms with E-state index in [1.165, 1.54) is 0 Å². The lowest BCUT2D eigenvalue weighted by molar-refractivity contribution is 0.103. The predicted octanol–water partition coefficient (Wildman–Crippen LogP) is 4.73. The third-order valence-electron chi connectivity index (χ3n) is 2.61. The summed E-state index contributed by atoms with van der Waals surface area (Å²) >= 11 is 9.43. The first-order chi connectivity index (χ1) is 9.13. The summed E-state index contributed by atoms with van der Waals surface area (Å²) in [5, 5.41) is 0.422. The number of benzene rings is 2. The first-order valence-electron chi connectivity index (χ1n) is 5.85. The fraction of sp³-hybridized carbons (Fsp3) is 0.133. The Morgan fingerprint density at radius 3 is 2.63 bits per heavy atom. The second-order valence-electron chi connectivity index (χ2n) is 3.88. The van der Waals surface area contributed by atoms with E-state index in [0.29, 0.717) is 28.5 Å². The molecule has 0 aliphatic carbocycles. The molecule has 0 radical (unpaired) electrons. The molecule has 0 amide bonds. The SMILES string of the molecule is CCOc1ccccc1C(=O)c1ccc(Br)cc1Cl. The maximum Gasteiger partial charge on any atom is 0.198 e. The summed E-state index contributed by atoms with van der Waals surface area (Å²) in [5.74, 6) is 0.440. The summed E-state index contributed by atoms with van der Waals surface area (Å²) in [4.78, 5) is 12.5. The molecule has 0 aliphatic heterocycles. The highest BCUT2D eigenvalue weighted by atomic mass is 79.9. The summed E-state index contributed by atoms with van der Waals surface area (Å²) in [6.45, 7) is 2.40. The fourth-order valence-corrected chi connectivity index (χ4v) is 2.51. The molecule has 4 heteroatoms. The van der Waals surface area contributed by atoms with Crippen molar-refractivity contribution in [1.29, 1.82) is 0 Å². The Morgan fingerprint density at radius 2 is 1.95 bits per heavy atom. The van der Waals surface area contributed by atoms with Crippen molar-refractivity contribution in [3.05, 3.63) is 63.1 Å². The molecule has 0 unspecified atom stereocenters. The number of halogens is 2. The minimum atomic E-state index is -0.137. The van der Waals surface area contributed by atoms with Gasteiger partial charge in [-0.05, 0) is 37.3 Å². The van der Waals surface area contributed by atoms with Gasteiger partial charge in [-0.3, -0.25) is 4.79 Å². The van der Waals surface area contributed by atoms with Crippen molar-refractivity contribution in [1.82, 2.24) is 0 Å². The molecule has 0 spiro atoms. The van der Waals surface area contributed by atoms with Gasteiger partial charge in [0.15, 0.2) is 5.78 Å². The van der Waals surface area contributed by atoms with Crippen LogP contribution in [0.4, 0.5) is 0 Å². The zero-order valence-corrected chi connectivity index (χ0v) is 12.7. The second kappa shape index (κ2) is 6.22. The molecule has 2 nitrogen and oxygen atoms in total. The number of para-hydroxylation sites is 1. The van der Waals surface area contributed by atoms with E-state index in [4.69, 9.17) is 16.3 Å². The Bertz CT molecular complexity index is 611. The predicted molar refractivity (Wildman–Crippen MR) is 80.2 cm³/mol. The molecule has 2 rings (SSSR count). The highest BCUT2D eigenvalue weighted by Crippen LogP contribution is 2.27. The van der Waals surface area contributed by atoms with Gasteiger partial charge in [-0.15, -0.1) is 0 Å². The lowest BCUT2D eigenvalue weighted by Gasteiger charge is -2.10. The number of ketones is 1. The Hall–Kier alpha value is -1.32. The van der Waals surface area contributed by atoms with Gasteiger partial charge in [0, 0.05) is 10.0 Å². The van der Waals surface area contributed by atoms with Crippen LogP contribution in [0.1, 0.15) is 22.8 Å². The van der Waals surface area contributed by atoms with E-state index in [0.717, 1.165) is 4.47 Å². The van der Waals surface area contributed by atoms with Crippen molar-refractivity contribution >= 4 is 33.3 Å². The highest BCUT2D eigenvalue weighted by molar-refractivity contribution is 9.10. The molecule has 0 aromatic heterocycles. The number of carbonyl (C=O) groups excluding carboxylic acids is 1. The first kappa shape index (κ1) is 14.1. The molecule has 0 saturated heterocycles. The Kier molecular flexibility index (Phi) is 4.61. The average Bonchev–Trinajstić information content (AvgIpc) is 2.39. The minimum absolute atomic E-state index is 0.137. The molecule has 19 heavy (non-hydrogen) atoms. The van der Waals surface area contributed by atoms with Crippen molar-refractivity contribution in [3.63, 3.8) is 0 Å². The molecule has 0 fully saturated rings. The van der Waals surface area contributed by atoms with Gasteiger partial charge in [-0.25, -0.2) is 0 Å². The number of hydrogen-bond donors (Lipinski definition) is 0. The third-order valence-corrected chi connectivity index (χ3v) is 3.41. The first-order valence-corrected chi connectivity index (χ1v) is 7.02. The van der Waals surface area contributed by atoms with Crippen LogP contribution in [0.2, 0.25) is 5.02 Å². The minimum Gasteiger partial charge on any atom is -0.493 e. The molecular formula is C15H12BrClO2. The van der Waals surface area contributed by atoms with E-state index in [-0.39, 0.29) is 5.78 Å². The summed E-state index contributed by atoms with van der Waals surface area (Å²) in [6, 6.07) is 12.4. The van der Waals surface area contributed by atoms with E-state index in [2.05, 4.69) is 15.9 Å². The van der Waals surface area contributed by atoms with Crippen LogP contribution >= 0.6 is 27.5 Å². The van der Waals surface area contributed by atoms with Crippen LogP contribution < -0.4 is 4.74 Å².